The van der Waals surface area contributed by atoms with Crippen molar-refractivity contribution in [1.82, 2.24) is 5.32 Å². The normalized spacial score (nSPS) is 14.6. The molecular formula is C14H23NO2. The van der Waals surface area contributed by atoms with E-state index >= 15 is 0 Å². The fourth-order valence-electron chi connectivity index (χ4n) is 1.82. The fraction of sp³-hybridized carbons (Fsp3) is 0.571. The van der Waals surface area contributed by atoms with Gasteiger partial charge >= 0.3 is 0 Å². The summed E-state index contributed by atoms with van der Waals surface area (Å²) in [6.45, 7) is 9.56. The van der Waals surface area contributed by atoms with Crippen LogP contribution >= 0.6 is 0 Å². The lowest BCUT2D eigenvalue weighted by Gasteiger charge is -2.19. The molecule has 3 heteroatoms. The number of rotatable bonds is 6. The summed E-state index contributed by atoms with van der Waals surface area (Å²) < 4.78 is 5.45. The van der Waals surface area contributed by atoms with Gasteiger partial charge in [-0.05, 0) is 39.3 Å². The minimum absolute atomic E-state index is 0.124. The summed E-state index contributed by atoms with van der Waals surface area (Å²) in [6, 6.07) is 5.89. The van der Waals surface area contributed by atoms with Crippen molar-refractivity contribution in [2.45, 2.75) is 39.8 Å². The molecule has 0 bridgehead atoms. The second kappa shape index (κ2) is 6.62. The standard InChI is InChI=1S/C14H23NO2/c1-5-17-11(3)9-15-12(4)13-7-6-10(2)8-14(13)16/h6-8,11-12,15-16H,5,9H2,1-4H3. The molecule has 96 valence electrons. The van der Waals surface area contributed by atoms with Crippen LogP contribution in [0.5, 0.6) is 5.75 Å². The first-order chi connectivity index (χ1) is 8.04. The highest BCUT2D eigenvalue weighted by Crippen LogP contribution is 2.24. The van der Waals surface area contributed by atoms with Crippen LogP contribution in [-0.2, 0) is 4.74 Å². The second-order valence-electron chi connectivity index (χ2n) is 4.46. The van der Waals surface area contributed by atoms with Crippen LogP contribution in [0, 0.1) is 6.92 Å². The van der Waals surface area contributed by atoms with Crippen molar-refractivity contribution < 1.29 is 9.84 Å². The Morgan fingerprint density at radius 2 is 2.06 bits per heavy atom. The molecule has 1 aromatic carbocycles. The minimum atomic E-state index is 0.124. The Balaban J connectivity index is 2.54. The van der Waals surface area contributed by atoms with Gasteiger partial charge in [0, 0.05) is 24.8 Å². The van der Waals surface area contributed by atoms with E-state index < -0.39 is 0 Å². The average Bonchev–Trinajstić information content (AvgIpc) is 2.26. The monoisotopic (exact) mass is 237 g/mol. The van der Waals surface area contributed by atoms with Crippen molar-refractivity contribution in [2.75, 3.05) is 13.2 Å². The Kier molecular flexibility index (Phi) is 5.45. The largest absolute Gasteiger partial charge is 0.508 e. The summed E-state index contributed by atoms with van der Waals surface area (Å²) in [6.07, 6.45) is 0.190. The number of phenols is 1. The maximum Gasteiger partial charge on any atom is 0.120 e. The van der Waals surface area contributed by atoms with E-state index in [1.54, 1.807) is 6.07 Å². The summed E-state index contributed by atoms with van der Waals surface area (Å²) >= 11 is 0. The Morgan fingerprint density at radius 3 is 2.65 bits per heavy atom. The quantitative estimate of drug-likeness (QED) is 0.799. The predicted octanol–water partition coefficient (Wildman–Crippen LogP) is 2.78. The van der Waals surface area contributed by atoms with Crippen molar-refractivity contribution in [1.29, 1.82) is 0 Å². The number of hydrogen-bond donors (Lipinski definition) is 2. The van der Waals surface area contributed by atoms with Crippen LogP contribution in [0.15, 0.2) is 18.2 Å². The first-order valence-corrected chi connectivity index (χ1v) is 6.19. The first kappa shape index (κ1) is 14.0. The highest BCUT2D eigenvalue weighted by Gasteiger charge is 2.11. The van der Waals surface area contributed by atoms with Gasteiger partial charge in [-0.15, -0.1) is 0 Å². The number of phenolic OH excluding ortho intramolecular Hbond substituents is 1. The van der Waals surface area contributed by atoms with Gasteiger partial charge in [0.15, 0.2) is 0 Å². The number of ether oxygens (including phenoxy) is 1. The van der Waals surface area contributed by atoms with Crippen molar-refractivity contribution in [2.24, 2.45) is 0 Å². The number of hydrogen-bond acceptors (Lipinski definition) is 3. The van der Waals surface area contributed by atoms with E-state index in [1.165, 1.54) is 0 Å². The maximum atomic E-state index is 9.86. The van der Waals surface area contributed by atoms with Gasteiger partial charge in [0.25, 0.3) is 0 Å². The van der Waals surface area contributed by atoms with E-state index in [0.717, 1.165) is 24.3 Å². The summed E-state index contributed by atoms with van der Waals surface area (Å²) in [5.74, 6) is 0.356. The van der Waals surface area contributed by atoms with Crippen LogP contribution in [0.4, 0.5) is 0 Å². The summed E-state index contributed by atoms with van der Waals surface area (Å²) in [5.41, 5.74) is 2.00. The summed E-state index contributed by atoms with van der Waals surface area (Å²) in [7, 11) is 0. The van der Waals surface area contributed by atoms with E-state index in [1.807, 2.05) is 39.8 Å². The van der Waals surface area contributed by atoms with Crippen molar-refractivity contribution in [3.8, 4) is 5.75 Å². The van der Waals surface area contributed by atoms with Crippen LogP contribution in [0.1, 0.15) is 37.9 Å². The highest BCUT2D eigenvalue weighted by molar-refractivity contribution is 5.37. The van der Waals surface area contributed by atoms with E-state index in [-0.39, 0.29) is 12.1 Å². The second-order valence-corrected chi connectivity index (χ2v) is 4.46. The maximum absolute atomic E-state index is 9.86. The number of benzene rings is 1. The molecule has 0 spiro atoms. The number of aromatic hydroxyl groups is 1. The molecule has 0 heterocycles. The average molecular weight is 237 g/mol. The van der Waals surface area contributed by atoms with E-state index in [9.17, 15) is 5.11 Å². The van der Waals surface area contributed by atoms with Gasteiger partial charge in [0.2, 0.25) is 0 Å². The lowest BCUT2D eigenvalue weighted by Crippen LogP contribution is -2.29. The molecular weight excluding hydrogens is 214 g/mol. The molecule has 2 N–H and O–H groups in total. The van der Waals surface area contributed by atoms with Gasteiger partial charge in [-0.3, -0.25) is 0 Å². The molecule has 0 amide bonds. The van der Waals surface area contributed by atoms with Gasteiger partial charge in [-0.25, -0.2) is 0 Å². The first-order valence-electron chi connectivity index (χ1n) is 6.19. The van der Waals surface area contributed by atoms with Crippen LogP contribution in [0.25, 0.3) is 0 Å². The van der Waals surface area contributed by atoms with Gasteiger partial charge in [0.05, 0.1) is 6.10 Å². The SMILES string of the molecule is CCOC(C)CNC(C)c1ccc(C)cc1O. The molecule has 1 aromatic rings. The third-order valence-electron chi connectivity index (χ3n) is 2.82. The van der Waals surface area contributed by atoms with Gasteiger partial charge in [0.1, 0.15) is 5.75 Å². The molecule has 0 aromatic heterocycles. The Hall–Kier alpha value is -1.06. The third-order valence-corrected chi connectivity index (χ3v) is 2.82. The molecule has 17 heavy (non-hydrogen) atoms. The van der Waals surface area contributed by atoms with Gasteiger partial charge < -0.3 is 15.2 Å². The molecule has 2 unspecified atom stereocenters. The molecule has 0 aliphatic rings. The zero-order valence-electron chi connectivity index (χ0n) is 11.2. The summed E-state index contributed by atoms with van der Waals surface area (Å²) in [5, 5.41) is 13.2. The fourth-order valence-corrected chi connectivity index (χ4v) is 1.82. The molecule has 0 radical (unpaired) electrons. The molecule has 0 saturated carbocycles. The van der Waals surface area contributed by atoms with E-state index in [0.29, 0.717) is 5.75 Å². The Morgan fingerprint density at radius 1 is 1.35 bits per heavy atom. The van der Waals surface area contributed by atoms with E-state index in [4.69, 9.17) is 4.74 Å². The third kappa shape index (κ3) is 4.36. The van der Waals surface area contributed by atoms with Gasteiger partial charge in [-0.1, -0.05) is 12.1 Å². The molecule has 0 aliphatic heterocycles. The van der Waals surface area contributed by atoms with Crippen molar-refractivity contribution >= 4 is 0 Å². The van der Waals surface area contributed by atoms with Crippen molar-refractivity contribution in [3.05, 3.63) is 29.3 Å². The highest BCUT2D eigenvalue weighted by atomic mass is 16.5. The topological polar surface area (TPSA) is 41.5 Å². The number of nitrogens with one attached hydrogen (secondary N) is 1. The molecule has 0 aliphatic carbocycles. The van der Waals surface area contributed by atoms with Crippen LogP contribution < -0.4 is 5.32 Å². The van der Waals surface area contributed by atoms with E-state index in [2.05, 4.69) is 5.32 Å². The predicted molar refractivity (Wildman–Crippen MR) is 70.3 cm³/mol. The lowest BCUT2D eigenvalue weighted by atomic mass is 10.0. The number of aryl methyl sites for hydroxylation is 1. The molecule has 1 rings (SSSR count). The molecule has 2 atom stereocenters. The molecule has 0 saturated heterocycles. The summed E-state index contributed by atoms with van der Waals surface area (Å²) in [4.78, 5) is 0. The molecule has 3 nitrogen and oxygen atoms in total. The van der Waals surface area contributed by atoms with Gasteiger partial charge in [-0.2, -0.15) is 0 Å². The lowest BCUT2D eigenvalue weighted by molar-refractivity contribution is 0.0743. The Bertz CT molecular complexity index is 352. The zero-order chi connectivity index (χ0) is 12.8. The van der Waals surface area contributed by atoms with Crippen molar-refractivity contribution in [3.63, 3.8) is 0 Å². The van der Waals surface area contributed by atoms with Crippen LogP contribution in [0.3, 0.4) is 0 Å². The van der Waals surface area contributed by atoms with Crippen LogP contribution in [-0.4, -0.2) is 24.4 Å². The minimum Gasteiger partial charge on any atom is -0.508 e. The smallest absolute Gasteiger partial charge is 0.120 e. The zero-order valence-corrected chi connectivity index (χ0v) is 11.2. The molecule has 0 fully saturated rings. The van der Waals surface area contributed by atoms with Crippen LogP contribution in [0.2, 0.25) is 0 Å². The Labute approximate surface area is 104 Å².